The molecule has 1 aromatic heterocycles. The fourth-order valence-electron chi connectivity index (χ4n) is 2.11. The number of nitrogens with zero attached hydrogens (tertiary/aromatic N) is 2. The lowest BCUT2D eigenvalue weighted by Gasteiger charge is -2.32. The molecule has 1 amide bonds. The maximum absolute atomic E-state index is 11.9. The Morgan fingerprint density at radius 3 is 3.24 bits per heavy atom. The number of likely N-dealkylation sites (N-methyl/N-ethyl adjacent to an activating group) is 1. The van der Waals surface area contributed by atoms with Gasteiger partial charge in [-0.15, -0.1) is 11.3 Å². The summed E-state index contributed by atoms with van der Waals surface area (Å²) in [7, 11) is 0. The minimum Gasteiger partial charge on any atom is -0.375 e. The zero-order chi connectivity index (χ0) is 12.3. The van der Waals surface area contributed by atoms with Gasteiger partial charge in [0.15, 0.2) is 5.13 Å². The van der Waals surface area contributed by atoms with E-state index in [0.717, 1.165) is 32.5 Å². The topological polar surface area (TPSA) is 71.2 Å². The van der Waals surface area contributed by atoms with E-state index in [1.54, 1.807) is 5.38 Å². The van der Waals surface area contributed by atoms with Crippen molar-refractivity contribution in [2.75, 3.05) is 25.4 Å². The highest BCUT2D eigenvalue weighted by atomic mass is 32.1. The first kappa shape index (κ1) is 12.3. The van der Waals surface area contributed by atoms with E-state index in [-0.39, 0.29) is 11.9 Å². The number of hydrogen-bond donors (Lipinski definition) is 2. The van der Waals surface area contributed by atoms with Crippen molar-refractivity contribution in [3.8, 4) is 0 Å². The smallest absolute Gasteiger partial charge is 0.271 e. The molecule has 1 atom stereocenters. The van der Waals surface area contributed by atoms with Crippen LogP contribution < -0.4 is 11.1 Å². The van der Waals surface area contributed by atoms with Crippen molar-refractivity contribution in [3.05, 3.63) is 11.1 Å². The number of aromatic nitrogens is 1. The molecule has 0 bridgehead atoms. The molecule has 94 valence electrons. The Hall–Kier alpha value is -1.14. The lowest BCUT2D eigenvalue weighted by atomic mass is 10.1. The highest BCUT2D eigenvalue weighted by molar-refractivity contribution is 7.13. The van der Waals surface area contributed by atoms with Crippen molar-refractivity contribution >= 4 is 22.4 Å². The molecule has 1 aromatic rings. The second-order valence-corrected chi connectivity index (χ2v) is 5.17. The van der Waals surface area contributed by atoms with Crippen LogP contribution in [0.5, 0.6) is 0 Å². The molecule has 17 heavy (non-hydrogen) atoms. The van der Waals surface area contributed by atoms with Crippen molar-refractivity contribution in [2.45, 2.75) is 25.8 Å². The predicted octanol–water partition coefficient (Wildman–Crippen LogP) is 0.939. The number of nitrogens with one attached hydrogen (secondary N) is 1. The number of piperidine rings is 1. The van der Waals surface area contributed by atoms with Gasteiger partial charge in [0.25, 0.3) is 5.91 Å². The fourth-order valence-corrected chi connectivity index (χ4v) is 2.65. The Bertz CT molecular complexity index is 393. The number of rotatable bonds is 3. The number of nitrogens with two attached hydrogens (primary N) is 1. The SMILES string of the molecule is CCN1CCCC(NC(=O)c2csc(N)n2)C1. The molecule has 5 nitrogen and oxygen atoms in total. The molecule has 2 rings (SSSR count). The summed E-state index contributed by atoms with van der Waals surface area (Å²) in [5.41, 5.74) is 5.94. The Labute approximate surface area is 105 Å². The third-order valence-electron chi connectivity index (χ3n) is 3.04. The quantitative estimate of drug-likeness (QED) is 0.842. The van der Waals surface area contributed by atoms with Crippen molar-refractivity contribution in [3.63, 3.8) is 0 Å². The van der Waals surface area contributed by atoms with Crippen LogP contribution in [-0.4, -0.2) is 41.5 Å². The van der Waals surface area contributed by atoms with Crippen LogP contribution in [0.2, 0.25) is 0 Å². The molecular formula is C11H18N4OS. The van der Waals surface area contributed by atoms with E-state index in [1.165, 1.54) is 11.3 Å². The van der Waals surface area contributed by atoms with Crippen LogP contribution in [0, 0.1) is 0 Å². The lowest BCUT2D eigenvalue weighted by molar-refractivity contribution is 0.0901. The number of hydrogen-bond acceptors (Lipinski definition) is 5. The van der Waals surface area contributed by atoms with Crippen LogP contribution >= 0.6 is 11.3 Å². The molecule has 3 N–H and O–H groups in total. The molecule has 1 fully saturated rings. The van der Waals surface area contributed by atoms with Crippen LogP contribution in [0.1, 0.15) is 30.3 Å². The fraction of sp³-hybridized carbons (Fsp3) is 0.636. The van der Waals surface area contributed by atoms with Gasteiger partial charge in [-0.3, -0.25) is 4.79 Å². The first-order valence-corrected chi connectivity index (χ1v) is 6.81. The number of anilines is 1. The maximum atomic E-state index is 11.9. The third-order valence-corrected chi connectivity index (χ3v) is 3.72. The third kappa shape index (κ3) is 3.17. The normalized spacial score (nSPS) is 21.4. The van der Waals surface area contributed by atoms with E-state index in [4.69, 9.17) is 5.73 Å². The molecule has 1 saturated heterocycles. The Morgan fingerprint density at radius 2 is 2.59 bits per heavy atom. The monoisotopic (exact) mass is 254 g/mol. The van der Waals surface area contributed by atoms with Crippen molar-refractivity contribution in [2.24, 2.45) is 0 Å². The van der Waals surface area contributed by atoms with Crippen molar-refractivity contribution < 1.29 is 4.79 Å². The molecule has 1 unspecified atom stereocenters. The van der Waals surface area contributed by atoms with Crippen LogP contribution in [0.15, 0.2) is 5.38 Å². The molecular weight excluding hydrogens is 236 g/mol. The second kappa shape index (κ2) is 5.46. The summed E-state index contributed by atoms with van der Waals surface area (Å²) in [4.78, 5) is 18.2. The van der Waals surface area contributed by atoms with Gasteiger partial charge < -0.3 is 16.0 Å². The van der Waals surface area contributed by atoms with Gasteiger partial charge in [0.2, 0.25) is 0 Å². The molecule has 1 aliphatic heterocycles. The molecule has 0 aromatic carbocycles. The first-order chi connectivity index (χ1) is 8.19. The van der Waals surface area contributed by atoms with Crippen molar-refractivity contribution in [1.29, 1.82) is 0 Å². The van der Waals surface area contributed by atoms with E-state index in [0.29, 0.717) is 10.8 Å². The number of thiazole rings is 1. The molecule has 0 spiro atoms. The first-order valence-electron chi connectivity index (χ1n) is 5.93. The van der Waals surface area contributed by atoms with Crippen LogP contribution in [0.4, 0.5) is 5.13 Å². The van der Waals surface area contributed by atoms with E-state index >= 15 is 0 Å². The zero-order valence-electron chi connectivity index (χ0n) is 9.98. The van der Waals surface area contributed by atoms with Gasteiger partial charge in [-0.1, -0.05) is 6.92 Å². The van der Waals surface area contributed by atoms with Crippen LogP contribution in [0.3, 0.4) is 0 Å². The largest absolute Gasteiger partial charge is 0.375 e. The summed E-state index contributed by atoms with van der Waals surface area (Å²) < 4.78 is 0. The summed E-state index contributed by atoms with van der Waals surface area (Å²) in [6.45, 7) is 5.25. The molecule has 6 heteroatoms. The summed E-state index contributed by atoms with van der Waals surface area (Å²) in [6.07, 6.45) is 2.18. The number of amides is 1. The van der Waals surface area contributed by atoms with E-state index in [2.05, 4.69) is 22.1 Å². The van der Waals surface area contributed by atoms with E-state index in [1.807, 2.05) is 0 Å². The number of likely N-dealkylation sites (tertiary alicyclic amines) is 1. The van der Waals surface area contributed by atoms with Gasteiger partial charge in [-0.2, -0.15) is 0 Å². The summed E-state index contributed by atoms with van der Waals surface area (Å²) in [6, 6.07) is 0.235. The second-order valence-electron chi connectivity index (χ2n) is 4.28. The minimum absolute atomic E-state index is 0.110. The maximum Gasteiger partial charge on any atom is 0.271 e. The van der Waals surface area contributed by atoms with Gasteiger partial charge in [-0.05, 0) is 25.9 Å². The summed E-state index contributed by atoms with van der Waals surface area (Å²) in [5.74, 6) is -0.110. The predicted molar refractivity (Wildman–Crippen MR) is 69.1 cm³/mol. The zero-order valence-corrected chi connectivity index (χ0v) is 10.8. The van der Waals surface area contributed by atoms with E-state index in [9.17, 15) is 4.79 Å². The van der Waals surface area contributed by atoms with Crippen molar-refractivity contribution in [1.82, 2.24) is 15.2 Å². The van der Waals surface area contributed by atoms with E-state index < -0.39 is 0 Å². The van der Waals surface area contributed by atoms with Gasteiger partial charge in [0.1, 0.15) is 5.69 Å². The molecule has 1 aliphatic rings. The van der Waals surface area contributed by atoms with Gasteiger partial charge >= 0.3 is 0 Å². The standard InChI is InChI=1S/C11H18N4OS/c1-2-15-5-3-4-8(6-15)13-10(16)9-7-17-11(12)14-9/h7-8H,2-6H2,1H3,(H2,12,14)(H,13,16). The summed E-state index contributed by atoms with van der Waals surface area (Å²) in [5, 5.41) is 5.16. The summed E-state index contributed by atoms with van der Waals surface area (Å²) >= 11 is 1.30. The Balaban J connectivity index is 1.90. The number of carbonyl (C=O) groups is 1. The number of nitrogen functional groups attached to an aromatic ring is 1. The van der Waals surface area contributed by atoms with Gasteiger partial charge in [-0.25, -0.2) is 4.98 Å². The highest BCUT2D eigenvalue weighted by Gasteiger charge is 2.21. The minimum atomic E-state index is -0.110. The average Bonchev–Trinajstić information content (AvgIpc) is 2.76. The highest BCUT2D eigenvalue weighted by Crippen LogP contribution is 2.13. The van der Waals surface area contributed by atoms with Crippen LogP contribution in [0.25, 0.3) is 0 Å². The van der Waals surface area contributed by atoms with Crippen LogP contribution in [-0.2, 0) is 0 Å². The number of carbonyl (C=O) groups excluding carboxylic acids is 1. The van der Waals surface area contributed by atoms with Gasteiger partial charge in [0.05, 0.1) is 0 Å². The Kier molecular flexibility index (Phi) is 3.96. The Morgan fingerprint density at radius 1 is 1.76 bits per heavy atom. The molecule has 0 radical (unpaired) electrons. The molecule has 0 aliphatic carbocycles. The average molecular weight is 254 g/mol. The lowest BCUT2D eigenvalue weighted by Crippen LogP contribution is -2.47. The molecule has 0 saturated carbocycles. The van der Waals surface area contributed by atoms with Gasteiger partial charge in [0, 0.05) is 18.0 Å². The molecule has 2 heterocycles.